The van der Waals surface area contributed by atoms with E-state index in [1.165, 1.54) is 11.6 Å². The minimum atomic E-state index is -0.0665. The molecule has 1 atom stereocenters. The number of fused-ring (bicyclic) bond motifs is 1. The van der Waals surface area contributed by atoms with Crippen molar-refractivity contribution < 1.29 is 14.3 Å². The molecule has 0 aromatic heterocycles. The van der Waals surface area contributed by atoms with Crippen LogP contribution >= 0.6 is 0 Å². The molecule has 7 nitrogen and oxygen atoms in total. The molecule has 3 rings (SSSR count). The molecule has 2 heterocycles. The van der Waals surface area contributed by atoms with Crippen molar-refractivity contribution in [3.63, 3.8) is 0 Å². The van der Waals surface area contributed by atoms with Gasteiger partial charge in [0.2, 0.25) is 11.8 Å². The quantitative estimate of drug-likeness (QED) is 0.253. The Morgan fingerprint density at radius 3 is 2.51 bits per heavy atom. The minimum absolute atomic E-state index is 0.0191. The van der Waals surface area contributed by atoms with Gasteiger partial charge in [-0.25, -0.2) is 0 Å². The second-order valence-electron chi connectivity index (χ2n) is 9.04. The van der Waals surface area contributed by atoms with E-state index in [1.54, 1.807) is 12.0 Å². The van der Waals surface area contributed by atoms with Crippen LogP contribution in [0.4, 0.5) is 5.69 Å². The Kier molecular flexibility index (Phi) is 9.29. The van der Waals surface area contributed by atoms with Gasteiger partial charge in [0.25, 0.3) is 5.91 Å². The number of aliphatic imine (C=N–C) groups is 1. The Balaban J connectivity index is 1.91. The van der Waals surface area contributed by atoms with Gasteiger partial charge in [-0.1, -0.05) is 38.1 Å². The van der Waals surface area contributed by atoms with Gasteiger partial charge >= 0.3 is 0 Å². The predicted octanol–water partition coefficient (Wildman–Crippen LogP) is 4.32. The average molecular weight is 479 g/mol. The lowest BCUT2D eigenvalue weighted by Gasteiger charge is -2.36. The van der Waals surface area contributed by atoms with Crippen LogP contribution in [0.15, 0.2) is 65.5 Å². The van der Waals surface area contributed by atoms with Gasteiger partial charge in [-0.2, -0.15) is 4.99 Å². The highest BCUT2D eigenvalue weighted by Crippen LogP contribution is 2.31. The summed E-state index contributed by atoms with van der Waals surface area (Å²) in [7, 11) is 1.61. The number of anilines is 1. The lowest BCUT2D eigenvalue weighted by Crippen LogP contribution is -2.50. The lowest BCUT2D eigenvalue weighted by molar-refractivity contribution is -0.127. The van der Waals surface area contributed by atoms with Crippen LogP contribution in [0.2, 0.25) is 0 Å². The molecule has 0 spiro atoms. The Hall–Kier alpha value is -3.35. The molecule has 2 aliphatic heterocycles. The van der Waals surface area contributed by atoms with Crippen LogP contribution < -0.4 is 4.90 Å². The predicted molar refractivity (Wildman–Crippen MR) is 141 cm³/mol. The molecule has 0 N–H and O–H groups in total. The van der Waals surface area contributed by atoms with Crippen LogP contribution in [0.25, 0.3) is 0 Å². The summed E-state index contributed by atoms with van der Waals surface area (Å²) in [5.74, 6) is 1.11. The van der Waals surface area contributed by atoms with Crippen molar-refractivity contribution >= 4 is 23.3 Å². The molecule has 0 radical (unpaired) electrons. The molecule has 1 fully saturated rings. The number of nitrogens with zero attached hydrogens (tertiary/aromatic N) is 4. The summed E-state index contributed by atoms with van der Waals surface area (Å²) < 4.78 is 5.52. The van der Waals surface area contributed by atoms with Gasteiger partial charge in [-0.15, -0.1) is 0 Å². The molecule has 1 saturated heterocycles. The maximum absolute atomic E-state index is 13.7. The number of hydrogen-bond donors (Lipinski definition) is 0. The largest absolute Gasteiger partial charge is 0.481 e. The standard InChI is InChI=1S/C28H38N4O3/c1-6-8-13-26(35-5)29-25(30-16-18-31(19-17-30)27(33)7-2)20-21(3)28(34)32-22(4)14-15-23-11-9-10-12-24(23)32/h7,9-13,20,22H,2,6,8,14-19H2,1,3-5H3/b21-20+,26-13-,29-25+. The number of aryl methyl sites for hydroxylation is 1. The summed E-state index contributed by atoms with van der Waals surface area (Å²) in [5.41, 5.74) is 2.80. The van der Waals surface area contributed by atoms with E-state index < -0.39 is 0 Å². The zero-order valence-electron chi connectivity index (χ0n) is 21.5. The molecule has 188 valence electrons. The van der Waals surface area contributed by atoms with Crippen LogP contribution in [0.5, 0.6) is 0 Å². The first kappa shape index (κ1) is 26.3. The molecule has 0 aliphatic carbocycles. The maximum Gasteiger partial charge on any atom is 0.254 e. The van der Waals surface area contributed by atoms with Crippen LogP contribution in [-0.2, 0) is 20.7 Å². The molecular weight excluding hydrogens is 440 g/mol. The van der Waals surface area contributed by atoms with E-state index in [9.17, 15) is 9.59 Å². The third kappa shape index (κ3) is 6.41. The van der Waals surface area contributed by atoms with Crippen molar-refractivity contribution in [2.75, 3.05) is 38.2 Å². The Morgan fingerprint density at radius 1 is 1.17 bits per heavy atom. The number of carbonyl (C=O) groups excluding carboxylic acids is 2. The molecule has 1 aromatic carbocycles. The number of carbonyl (C=O) groups is 2. The summed E-state index contributed by atoms with van der Waals surface area (Å²) in [5, 5.41) is 0. The summed E-state index contributed by atoms with van der Waals surface area (Å²) in [6, 6.07) is 8.25. The molecule has 0 saturated carbocycles. The summed E-state index contributed by atoms with van der Waals surface area (Å²) >= 11 is 0. The van der Waals surface area contributed by atoms with Crippen molar-refractivity contribution in [1.82, 2.24) is 9.80 Å². The van der Waals surface area contributed by atoms with E-state index in [2.05, 4.69) is 31.4 Å². The van der Waals surface area contributed by atoms with E-state index in [1.807, 2.05) is 42.2 Å². The lowest BCUT2D eigenvalue weighted by atomic mass is 9.96. The Labute approximate surface area is 209 Å². The molecule has 0 bridgehead atoms. The molecule has 2 amide bonds. The fraction of sp³-hybridized carbons (Fsp3) is 0.464. The van der Waals surface area contributed by atoms with Crippen molar-refractivity contribution in [3.8, 4) is 0 Å². The zero-order chi connectivity index (χ0) is 25.4. The highest BCUT2D eigenvalue weighted by molar-refractivity contribution is 6.10. The van der Waals surface area contributed by atoms with Crippen LogP contribution in [0, 0.1) is 0 Å². The van der Waals surface area contributed by atoms with E-state index in [0.717, 1.165) is 31.4 Å². The number of rotatable bonds is 7. The number of hydrogen-bond acceptors (Lipinski definition) is 4. The van der Waals surface area contributed by atoms with Gasteiger partial charge in [0.05, 0.1) is 7.11 Å². The number of methoxy groups -OCH3 is 1. The van der Waals surface area contributed by atoms with Crippen LogP contribution in [0.3, 0.4) is 0 Å². The second kappa shape index (κ2) is 12.4. The Morgan fingerprint density at radius 2 is 1.86 bits per heavy atom. The number of ether oxygens (including phenoxy) is 1. The SMILES string of the molecule is C=CC(=O)N1CCN(C(/C=C(\C)C(=O)N2c3ccccc3CCC2C)=N/C(=C/CCC)OC)CC1. The third-order valence-electron chi connectivity index (χ3n) is 6.56. The van der Waals surface area contributed by atoms with Crippen LogP contribution in [0.1, 0.15) is 45.6 Å². The monoisotopic (exact) mass is 478 g/mol. The molecular formula is C28H38N4O3. The number of para-hydroxylation sites is 1. The number of amides is 2. The van der Waals surface area contributed by atoms with Crippen molar-refractivity contribution in [2.45, 2.75) is 52.5 Å². The summed E-state index contributed by atoms with van der Waals surface area (Å²) in [6.45, 7) is 12.0. The van der Waals surface area contributed by atoms with Gasteiger partial charge in [0.15, 0.2) is 0 Å². The summed E-state index contributed by atoms with van der Waals surface area (Å²) in [4.78, 5) is 36.3. The molecule has 1 unspecified atom stereocenters. The number of amidine groups is 1. The van der Waals surface area contributed by atoms with Gasteiger partial charge in [0.1, 0.15) is 5.84 Å². The smallest absolute Gasteiger partial charge is 0.254 e. The third-order valence-corrected chi connectivity index (χ3v) is 6.56. The number of allylic oxidation sites excluding steroid dienone is 1. The first-order valence-corrected chi connectivity index (χ1v) is 12.5. The number of benzene rings is 1. The zero-order valence-corrected chi connectivity index (χ0v) is 21.5. The molecule has 7 heteroatoms. The van der Waals surface area contributed by atoms with Crippen molar-refractivity contribution in [1.29, 1.82) is 0 Å². The van der Waals surface area contributed by atoms with E-state index >= 15 is 0 Å². The fourth-order valence-electron chi connectivity index (χ4n) is 4.48. The molecule has 2 aliphatic rings. The molecule has 1 aromatic rings. The topological polar surface area (TPSA) is 65.5 Å². The highest BCUT2D eigenvalue weighted by Gasteiger charge is 2.29. The van der Waals surface area contributed by atoms with Crippen molar-refractivity contribution in [2.24, 2.45) is 4.99 Å². The van der Waals surface area contributed by atoms with Gasteiger partial charge in [-0.3, -0.25) is 9.59 Å². The maximum atomic E-state index is 13.7. The fourth-order valence-corrected chi connectivity index (χ4v) is 4.48. The van der Waals surface area contributed by atoms with Gasteiger partial charge < -0.3 is 19.4 Å². The van der Waals surface area contributed by atoms with E-state index in [-0.39, 0.29) is 17.9 Å². The average Bonchev–Trinajstić information content (AvgIpc) is 2.89. The Bertz CT molecular complexity index is 1020. The number of unbranched alkanes of at least 4 members (excludes halogenated alkanes) is 1. The normalized spacial score (nSPS) is 19.4. The van der Waals surface area contributed by atoms with Crippen LogP contribution in [-0.4, -0.2) is 66.8 Å². The van der Waals surface area contributed by atoms with E-state index in [4.69, 9.17) is 9.73 Å². The van der Waals surface area contributed by atoms with Gasteiger partial charge in [0, 0.05) is 43.5 Å². The second-order valence-corrected chi connectivity index (χ2v) is 9.04. The molecule has 35 heavy (non-hydrogen) atoms. The number of piperazine rings is 1. The first-order valence-electron chi connectivity index (χ1n) is 12.5. The minimum Gasteiger partial charge on any atom is -0.481 e. The summed E-state index contributed by atoms with van der Waals surface area (Å²) in [6.07, 6.45) is 8.92. The van der Waals surface area contributed by atoms with E-state index in [0.29, 0.717) is 43.5 Å². The highest BCUT2D eigenvalue weighted by atomic mass is 16.5. The first-order chi connectivity index (χ1) is 16.9. The van der Waals surface area contributed by atoms with Gasteiger partial charge in [-0.05, 0) is 63.0 Å². The van der Waals surface area contributed by atoms with Crippen molar-refractivity contribution in [3.05, 3.63) is 66.1 Å².